The van der Waals surface area contributed by atoms with Crippen LogP contribution in [0.15, 0.2) is 27.4 Å². The predicted octanol–water partition coefficient (Wildman–Crippen LogP) is 5.19. The van der Waals surface area contributed by atoms with Gasteiger partial charge in [-0.2, -0.15) is 0 Å². The van der Waals surface area contributed by atoms with Gasteiger partial charge in [-0.25, -0.2) is 4.79 Å². The maximum Gasteiger partial charge on any atom is 0.336 e. The van der Waals surface area contributed by atoms with Crippen LogP contribution >= 0.6 is 15.9 Å². The van der Waals surface area contributed by atoms with Gasteiger partial charge in [-0.3, -0.25) is 4.79 Å². The molecule has 5 heteroatoms. The van der Waals surface area contributed by atoms with E-state index in [4.69, 9.17) is 9.15 Å². The van der Waals surface area contributed by atoms with Crippen LogP contribution in [0.3, 0.4) is 0 Å². The Hall–Kier alpha value is -1.62. The number of ether oxygens (including phenoxy) is 1. The van der Waals surface area contributed by atoms with E-state index >= 15 is 0 Å². The Morgan fingerprint density at radius 1 is 1.14 bits per heavy atom. The van der Waals surface area contributed by atoms with E-state index in [0.29, 0.717) is 17.4 Å². The lowest BCUT2D eigenvalue weighted by Gasteiger charge is -2.58. The summed E-state index contributed by atoms with van der Waals surface area (Å²) in [7, 11) is 0. The van der Waals surface area contributed by atoms with Crippen LogP contribution in [0.1, 0.15) is 55.2 Å². The maximum atomic E-state index is 13.2. The van der Waals surface area contributed by atoms with Gasteiger partial charge in [-0.05, 0) is 87.5 Å². The molecular formula is C23H25BrO4. The molecule has 4 nitrogen and oxygen atoms in total. The van der Waals surface area contributed by atoms with Gasteiger partial charge in [-0.15, -0.1) is 0 Å². The van der Waals surface area contributed by atoms with E-state index < -0.39 is 5.63 Å². The summed E-state index contributed by atoms with van der Waals surface area (Å²) in [6.45, 7) is 4.14. The van der Waals surface area contributed by atoms with Gasteiger partial charge in [0.2, 0.25) is 0 Å². The number of benzene rings is 1. The van der Waals surface area contributed by atoms with Crippen molar-refractivity contribution in [1.82, 2.24) is 0 Å². The summed E-state index contributed by atoms with van der Waals surface area (Å²) in [4.78, 5) is 25.2. The van der Waals surface area contributed by atoms with Crippen molar-refractivity contribution in [2.45, 2.75) is 63.3 Å². The van der Waals surface area contributed by atoms with Gasteiger partial charge >= 0.3 is 11.6 Å². The molecule has 0 aliphatic heterocycles. The average Bonchev–Trinajstić information content (AvgIpc) is 2.58. The second kappa shape index (κ2) is 6.19. The first-order chi connectivity index (χ1) is 13.3. The Morgan fingerprint density at radius 2 is 1.82 bits per heavy atom. The number of fused-ring (bicyclic) bond motifs is 1. The average molecular weight is 445 g/mol. The highest BCUT2D eigenvalue weighted by molar-refractivity contribution is 9.10. The third kappa shape index (κ3) is 2.94. The number of carbonyl (C=O) groups is 1. The molecule has 4 aliphatic rings. The third-order valence-corrected chi connectivity index (χ3v) is 8.15. The zero-order chi connectivity index (χ0) is 19.7. The molecule has 0 saturated heterocycles. The zero-order valence-electron chi connectivity index (χ0n) is 16.3. The molecule has 148 valence electrons. The Labute approximate surface area is 172 Å². The molecule has 0 radical (unpaired) electrons. The summed E-state index contributed by atoms with van der Waals surface area (Å²) in [5.41, 5.74) is 2.71. The Kier molecular flexibility index (Phi) is 4.07. The molecule has 2 aromatic rings. The molecular weight excluding hydrogens is 420 g/mol. The Balaban J connectivity index is 1.42. The van der Waals surface area contributed by atoms with Crippen LogP contribution in [0.2, 0.25) is 0 Å². The van der Waals surface area contributed by atoms with Crippen LogP contribution in [0, 0.1) is 31.1 Å². The number of carbonyl (C=O) groups excluding carboxylic acids is 1. The summed E-state index contributed by atoms with van der Waals surface area (Å²) < 4.78 is 11.3. The van der Waals surface area contributed by atoms with Crippen LogP contribution in [0.25, 0.3) is 11.0 Å². The van der Waals surface area contributed by atoms with Crippen molar-refractivity contribution < 1.29 is 13.9 Å². The molecule has 28 heavy (non-hydrogen) atoms. The highest BCUT2D eigenvalue weighted by Crippen LogP contribution is 2.64. The van der Waals surface area contributed by atoms with Gasteiger partial charge in [0.15, 0.2) is 0 Å². The van der Waals surface area contributed by atoms with E-state index in [0.717, 1.165) is 41.3 Å². The minimum absolute atomic E-state index is 0.0874. The molecule has 4 fully saturated rings. The first kappa shape index (κ1) is 18.4. The van der Waals surface area contributed by atoms with Crippen molar-refractivity contribution in [3.05, 3.63) is 45.3 Å². The van der Waals surface area contributed by atoms with E-state index in [-0.39, 0.29) is 22.3 Å². The minimum atomic E-state index is -0.406. The number of aryl methyl sites for hydroxylation is 2. The number of alkyl halides is 1. The van der Waals surface area contributed by atoms with Crippen LogP contribution in [-0.2, 0) is 16.1 Å². The summed E-state index contributed by atoms with van der Waals surface area (Å²) in [5, 5.41) is 0.845. The minimum Gasteiger partial charge on any atom is -0.460 e. The van der Waals surface area contributed by atoms with Gasteiger partial charge in [0.05, 0.1) is 5.41 Å². The zero-order valence-corrected chi connectivity index (χ0v) is 17.9. The quantitative estimate of drug-likeness (QED) is 0.371. The third-order valence-electron chi connectivity index (χ3n) is 7.23. The van der Waals surface area contributed by atoms with E-state index in [1.165, 1.54) is 25.3 Å². The molecule has 1 aromatic heterocycles. The maximum absolute atomic E-state index is 13.2. The van der Waals surface area contributed by atoms with Gasteiger partial charge in [0, 0.05) is 21.3 Å². The number of halogens is 1. The summed E-state index contributed by atoms with van der Waals surface area (Å²) in [6, 6.07) is 5.34. The van der Waals surface area contributed by atoms with Crippen LogP contribution in [-0.4, -0.2) is 10.3 Å². The van der Waals surface area contributed by atoms with Gasteiger partial charge in [0.25, 0.3) is 0 Å². The molecule has 0 spiro atoms. The second-order valence-corrected chi connectivity index (χ2v) is 11.2. The molecule has 0 N–H and O–H groups in total. The molecule has 1 heterocycles. The SMILES string of the molecule is Cc1cc2oc(=O)cc(COC(=O)C34CC5CC(CC(Br)(C5)C3)C4)c2cc1C. The van der Waals surface area contributed by atoms with E-state index in [9.17, 15) is 9.59 Å². The lowest BCUT2D eigenvalue weighted by atomic mass is 9.49. The predicted molar refractivity (Wildman–Crippen MR) is 111 cm³/mol. The van der Waals surface area contributed by atoms with Crippen molar-refractivity contribution in [3.8, 4) is 0 Å². The smallest absolute Gasteiger partial charge is 0.336 e. The van der Waals surface area contributed by atoms with Crippen molar-refractivity contribution >= 4 is 32.9 Å². The standard InChI is InChI=1S/C23H25BrO4/c1-13-3-18-17(6-20(25)28-19(18)4-14(13)2)11-27-21(26)22-7-15-5-16(8-22)10-23(24,9-15)12-22/h3-4,6,15-16H,5,7-12H2,1-2H3. The molecule has 1 aromatic carbocycles. The van der Waals surface area contributed by atoms with Gasteiger partial charge in [-0.1, -0.05) is 15.9 Å². The first-order valence-electron chi connectivity index (χ1n) is 10.2. The molecule has 4 saturated carbocycles. The molecule has 4 bridgehead atoms. The topological polar surface area (TPSA) is 56.5 Å². The van der Waals surface area contributed by atoms with Gasteiger partial charge < -0.3 is 9.15 Å². The summed E-state index contributed by atoms with van der Waals surface area (Å²) in [5.74, 6) is 1.17. The molecule has 2 atom stereocenters. The highest BCUT2D eigenvalue weighted by Gasteiger charge is 2.60. The number of rotatable bonds is 3. The Bertz CT molecular complexity index is 1020. The monoisotopic (exact) mass is 444 g/mol. The Morgan fingerprint density at radius 3 is 2.50 bits per heavy atom. The fraction of sp³-hybridized carbons (Fsp3) is 0.565. The largest absolute Gasteiger partial charge is 0.460 e. The van der Waals surface area contributed by atoms with E-state index in [1.54, 1.807) is 0 Å². The number of hydrogen-bond acceptors (Lipinski definition) is 4. The molecule has 4 aliphatic carbocycles. The lowest BCUT2D eigenvalue weighted by Crippen LogP contribution is -2.56. The van der Waals surface area contributed by atoms with Crippen molar-refractivity contribution in [2.75, 3.05) is 0 Å². The summed E-state index contributed by atoms with van der Waals surface area (Å²) >= 11 is 3.95. The normalized spacial score (nSPS) is 33.4. The van der Waals surface area contributed by atoms with Crippen molar-refractivity contribution in [2.24, 2.45) is 17.3 Å². The highest BCUT2D eigenvalue weighted by atomic mass is 79.9. The molecule has 2 unspecified atom stereocenters. The number of esters is 1. The van der Waals surface area contributed by atoms with Crippen molar-refractivity contribution in [3.63, 3.8) is 0 Å². The van der Waals surface area contributed by atoms with Crippen molar-refractivity contribution in [1.29, 1.82) is 0 Å². The fourth-order valence-corrected chi connectivity index (χ4v) is 7.74. The first-order valence-corrected chi connectivity index (χ1v) is 10.9. The fourth-order valence-electron chi connectivity index (χ4n) is 6.29. The van der Waals surface area contributed by atoms with Gasteiger partial charge in [0.1, 0.15) is 12.2 Å². The lowest BCUT2D eigenvalue weighted by molar-refractivity contribution is -0.170. The molecule has 0 amide bonds. The van der Waals surface area contributed by atoms with Crippen LogP contribution in [0.5, 0.6) is 0 Å². The van der Waals surface area contributed by atoms with E-state index in [1.807, 2.05) is 26.0 Å². The summed E-state index contributed by atoms with van der Waals surface area (Å²) in [6.07, 6.45) is 6.40. The molecule has 6 rings (SSSR count). The van der Waals surface area contributed by atoms with Crippen LogP contribution < -0.4 is 5.63 Å². The second-order valence-electron chi connectivity index (χ2n) is 9.49. The number of hydrogen-bond donors (Lipinski definition) is 0. The van der Waals surface area contributed by atoms with Crippen LogP contribution in [0.4, 0.5) is 0 Å². The van der Waals surface area contributed by atoms with E-state index in [2.05, 4.69) is 15.9 Å².